The summed E-state index contributed by atoms with van der Waals surface area (Å²) in [6.07, 6.45) is 5.56. The van der Waals surface area contributed by atoms with E-state index >= 15 is 0 Å². The summed E-state index contributed by atoms with van der Waals surface area (Å²) in [4.78, 5) is 44.8. The number of carbonyl (C=O) groups excluding carboxylic acids is 3. The fraction of sp³-hybridized carbons (Fsp3) is 0.548. The second-order valence-corrected chi connectivity index (χ2v) is 11.7. The maximum atomic E-state index is 13.5. The van der Waals surface area contributed by atoms with Crippen molar-refractivity contribution in [1.82, 2.24) is 15.6 Å². The predicted molar refractivity (Wildman–Crippen MR) is 151 cm³/mol. The molecule has 1 aromatic heterocycles. The monoisotopic (exact) mass is 548 g/mol. The highest BCUT2D eigenvalue weighted by Gasteiger charge is 2.40. The van der Waals surface area contributed by atoms with Crippen molar-refractivity contribution in [1.29, 1.82) is 0 Å². The lowest BCUT2D eigenvalue weighted by molar-refractivity contribution is -0.126. The van der Waals surface area contributed by atoms with Crippen molar-refractivity contribution < 1.29 is 24.2 Å². The average Bonchev–Trinajstić information content (AvgIpc) is 3.70. The van der Waals surface area contributed by atoms with Crippen molar-refractivity contribution in [3.63, 3.8) is 0 Å². The van der Waals surface area contributed by atoms with Gasteiger partial charge in [0.15, 0.2) is 0 Å². The molecule has 3 unspecified atom stereocenters. The lowest BCUT2D eigenvalue weighted by atomic mass is 9.92. The Labute approximate surface area is 235 Å². The van der Waals surface area contributed by atoms with E-state index in [9.17, 15) is 19.5 Å². The number of aliphatic hydroxyl groups excluding tert-OH is 1. The highest BCUT2D eigenvalue weighted by molar-refractivity contribution is 5.98. The van der Waals surface area contributed by atoms with Crippen LogP contribution in [-0.4, -0.2) is 59.7 Å². The van der Waals surface area contributed by atoms with Crippen LogP contribution in [-0.2, 0) is 16.0 Å². The molecule has 3 aliphatic rings. The van der Waals surface area contributed by atoms with Gasteiger partial charge < -0.3 is 20.5 Å². The maximum absolute atomic E-state index is 13.5. The Hall–Kier alpha value is -3.46. The minimum Gasteiger partial charge on any atom is -0.481 e. The third-order valence-corrected chi connectivity index (χ3v) is 8.80. The molecule has 2 aromatic rings. The largest absolute Gasteiger partial charge is 0.481 e. The molecule has 2 bridgehead atoms. The molecular formula is C31H40N4O5. The summed E-state index contributed by atoms with van der Waals surface area (Å²) >= 11 is 0. The molecule has 214 valence electrons. The lowest BCUT2D eigenvalue weighted by Crippen LogP contribution is -2.47. The number of benzene rings is 1. The first kappa shape index (κ1) is 28.1. The van der Waals surface area contributed by atoms with Gasteiger partial charge in [-0.25, -0.2) is 0 Å². The highest BCUT2D eigenvalue weighted by atomic mass is 16.5. The molecule has 3 fully saturated rings. The standard InChI is InChI=1S/C31H40N4O5/c1-19(30(38)32-24-16-21-10-11-22(24)14-21)13-26(36)25(15-20-7-4-3-5-8-20)33-31(39)23-17-27(34-28(18-23)40-2)35-12-6-9-29(35)37/h3-5,7-8,17-19,21-22,24-26,36H,6,9-16H2,1-2H3,(H,32,38)(H,33,39)/t19-,21?,22?,24?,25+,26-/m1/s1. The number of aromatic nitrogens is 1. The van der Waals surface area contributed by atoms with Crippen LogP contribution >= 0.6 is 0 Å². The topological polar surface area (TPSA) is 121 Å². The average molecular weight is 549 g/mol. The SMILES string of the molecule is COc1cc(C(=O)N[C@@H](Cc2ccccc2)[C@H](O)C[C@@H](C)C(=O)NC2CC3CCC2C3)cc(N2CCCC2=O)n1. The van der Waals surface area contributed by atoms with E-state index in [4.69, 9.17) is 4.74 Å². The number of nitrogens with zero attached hydrogens (tertiary/aromatic N) is 2. The molecular weight excluding hydrogens is 508 g/mol. The number of pyridine rings is 1. The quantitative estimate of drug-likeness (QED) is 0.397. The van der Waals surface area contributed by atoms with E-state index in [0.29, 0.717) is 31.1 Å². The fourth-order valence-electron chi connectivity index (χ4n) is 6.54. The first-order chi connectivity index (χ1) is 19.3. The van der Waals surface area contributed by atoms with Crippen molar-refractivity contribution in [2.75, 3.05) is 18.6 Å². The van der Waals surface area contributed by atoms with Gasteiger partial charge in [0.05, 0.1) is 19.3 Å². The van der Waals surface area contributed by atoms with Crippen molar-refractivity contribution in [3.05, 3.63) is 53.6 Å². The van der Waals surface area contributed by atoms with Gasteiger partial charge >= 0.3 is 0 Å². The van der Waals surface area contributed by atoms with Crippen LogP contribution in [0.3, 0.4) is 0 Å². The number of hydrogen-bond donors (Lipinski definition) is 3. The normalized spacial score (nSPS) is 24.0. The van der Waals surface area contributed by atoms with Crippen LogP contribution in [0.25, 0.3) is 0 Å². The Kier molecular flexibility index (Phi) is 8.69. The molecule has 0 spiro atoms. The summed E-state index contributed by atoms with van der Waals surface area (Å²) in [5.74, 6) is 1.02. The molecule has 1 aliphatic heterocycles. The molecule has 9 heteroatoms. The molecule has 6 atom stereocenters. The number of amides is 3. The van der Waals surface area contributed by atoms with Gasteiger partial charge in [0.2, 0.25) is 17.7 Å². The van der Waals surface area contributed by atoms with Gasteiger partial charge in [-0.2, -0.15) is 4.98 Å². The summed E-state index contributed by atoms with van der Waals surface area (Å²) in [5, 5.41) is 17.6. The van der Waals surface area contributed by atoms with E-state index in [-0.39, 0.29) is 35.7 Å². The summed E-state index contributed by atoms with van der Waals surface area (Å²) in [6, 6.07) is 12.4. The van der Waals surface area contributed by atoms with E-state index in [1.54, 1.807) is 11.0 Å². The van der Waals surface area contributed by atoms with Crippen LogP contribution < -0.4 is 20.3 Å². The summed E-state index contributed by atoms with van der Waals surface area (Å²) < 4.78 is 5.32. The molecule has 3 amide bonds. The van der Waals surface area contributed by atoms with Crippen LogP contribution in [0.15, 0.2) is 42.5 Å². The number of nitrogens with one attached hydrogen (secondary N) is 2. The van der Waals surface area contributed by atoms with Gasteiger partial charge in [0.1, 0.15) is 5.82 Å². The van der Waals surface area contributed by atoms with E-state index in [1.165, 1.54) is 32.4 Å². The fourth-order valence-corrected chi connectivity index (χ4v) is 6.54. The van der Waals surface area contributed by atoms with Crippen molar-refractivity contribution in [3.8, 4) is 5.88 Å². The number of methoxy groups -OCH3 is 1. The van der Waals surface area contributed by atoms with Crippen molar-refractivity contribution in [2.24, 2.45) is 17.8 Å². The first-order valence-electron chi connectivity index (χ1n) is 14.5. The van der Waals surface area contributed by atoms with Gasteiger partial charge in [-0.3, -0.25) is 19.3 Å². The summed E-state index contributed by atoms with van der Waals surface area (Å²) in [7, 11) is 1.46. The molecule has 0 radical (unpaired) electrons. The predicted octanol–water partition coefficient (Wildman–Crippen LogP) is 3.25. The molecule has 40 heavy (non-hydrogen) atoms. The molecule has 2 heterocycles. The number of anilines is 1. The van der Waals surface area contributed by atoms with E-state index < -0.39 is 24.0 Å². The number of carbonyl (C=O) groups is 3. The number of hydrogen-bond acceptors (Lipinski definition) is 6. The smallest absolute Gasteiger partial charge is 0.251 e. The third kappa shape index (κ3) is 6.46. The van der Waals surface area contributed by atoms with Gasteiger partial charge in [0, 0.05) is 36.6 Å². The molecule has 9 nitrogen and oxygen atoms in total. The zero-order valence-corrected chi connectivity index (χ0v) is 23.3. The number of fused-ring (bicyclic) bond motifs is 2. The molecule has 2 aliphatic carbocycles. The first-order valence-corrected chi connectivity index (χ1v) is 14.5. The zero-order chi connectivity index (χ0) is 28.2. The Balaban J connectivity index is 1.29. The van der Waals surface area contributed by atoms with Crippen LogP contribution in [0.4, 0.5) is 5.82 Å². The molecule has 5 rings (SSSR count). The van der Waals surface area contributed by atoms with Crippen molar-refractivity contribution in [2.45, 2.75) is 76.5 Å². The van der Waals surface area contributed by atoms with Gasteiger partial charge in [-0.15, -0.1) is 0 Å². The highest BCUT2D eigenvalue weighted by Crippen LogP contribution is 2.44. The molecule has 1 aromatic carbocycles. The Morgan fingerprint density at radius 3 is 2.62 bits per heavy atom. The summed E-state index contributed by atoms with van der Waals surface area (Å²) in [5.41, 5.74) is 1.25. The van der Waals surface area contributed by atoms with Crippen molar-refractivity contribution >= 4 is 23.5 Å². The minimum atomic E-state index is -0.951. The third-order valence-electron chi connectivity index (χ3n) is 8.80. The lowest BCUT2D eigenvalue weighted by Gasteiger charge is -2.28. The number of rotatable bonds is 11. The molecule has 3 N–H and O–H groups in total. The van der Waals surface area contributed by atoms with Gasteiger partial charge in [0.25, 0.3) is 5.91 Å². The zero-order valence-electron chi connectivity index (χ0n) is 23.3. The van der Waals surface area contributed by atoms with Crippen LogP contribution in [0, 0.1) is 17.8 Å². The Morgan fingerprint density at radius 2 is 1.98 bits per heavy atom. The van der Waals surface area contributed by atoms with Gasteiger partial charge in [-0.1, -0.05) is 43.7 Å². The second-order valence-electron chi connectivity index (χ2n) is 11.7. The van der Waals surface area contributed by atoms with E-state index in [0.717, 1.165) is 24.3 Å². The second kappa shape index (κ2) is 12.4. The molecule has 1 saturated heterocycles. The number of aliphatic hydroxyl groups is 1. The number of ether oxygens (including phenoxy) is 1. The van der Waals surface area contributed by atoms with E-state index in [2.05, 4.69) is 15.6 Å². The minimum absolute atomic E-state index is 0.0396. The van der Waals surface area contributed by atoms with Crippen LogP contribution in [0.2, 0.25) is 0 Å². The molecule has 2 saturated carbocycles. The Morgan fingerprint density at radius 1 is 1.18 bits per heavy atom. The van der Waals surface area contributed by atoms with E-state index in [1.807, 2.05) is 37.3 Å². The van der Waals surface area contributed by atoms with Crippen LogP contribution in [0.5, 0.6) is 5.88 Å². The maximum Gasteiger partial charge on any atom is 0.251 e. The Bertz CT molecular complexity index is 1220. The van der Waals surface area contributed by atoms with Crippen LogP contribution in [0.1, 0.15) is 67.8 Å². The van der Waals surface area contributed by atoms with Gasteiger partial charge in [-0.05, 0) is 62.0 Å². The summed E-state index contributed by atoms with van der Waals surface area (Å²) in [6.45, 7) is 2.37.